The molecule has 0 aromatic heterocycles. The molecule has 0 bridgehead atoms. The van der Waals surface area contributed by atoms with Crippen molar-refractivity contribution in [2.45, 2.75) is 31.9 Å². The zero-order valence-corrected chi connectivity index (χ0v) is 8.93. The molecule has 16 heavy (non-hydrogen) atoms. The third-order valence-corrected chi connectivity index (χ3v) is 2.43. The lowest BCUT2D eigenvalue weighted by atomic mass is 10.0. The van der Waals surface area contributed by atoms with Crippen LogP contribution in [0.4, 0.5) is 13.2 Å². The van der Waals surface area contributed by atoms with Crippen molar-refractivity contribution in [2.75, 3.05) is 6.61 Å². The summed E-state index contributed by atoms with van der Waals surface area (Å²) in [4.78, 5) is 0. The molecule has 0 heterocycles. The van der Waals surface area contributed by atoms with E-state index < -0.39 is 11.7 Å². The standard InChI is InChI=1S/C12H15F3O/c13-12(14,15)11-8-4-3-7-10(11)6-2-1-5-9-16/h3-4,7-8,16H,1-2,5-6,9H2. The Labute approximate surface area is 92.9 Å². The van der Waals surface area contributed by atoms with Crippen molar-refractivity contribution in [1.29, 1.82) is 0 Å². The Morgan fingerprint density at radius 3 is 2.31 bits per heavy atom. The lowest BCUT2D eigenvalue weighted by Gasteiger charge is -2.12. The third-order valence-electron chi connectivity index (χ3n) is 2.43. The first-order chi connectivity index (χ1) is 7.55. The Kier molecular flexibility index (Phi) is 4.80. The van der Waals surface area contributed by atoms with Gasteiger partial charge in [0.2, 0.25) is 0 Å². The number of alkyl halides is 3. The van der Waals surface area contributed by atoms with Gasteiger partial charge >= 0.3 is 6.18 Å². The highest BCUT2D eigenvalue weighted by Gasteiger charge is 2.32. The minimum Gasteiger partial charge on any atom is -0.396 e. The van der Waals surface area contributed by atoms with Crippen LogP contribution in [0.2, 0.25) is 0 Å². The SMILES string of the molecule is OCCCCCc1ccccc1C(F)(F)F. The van der Waals surface area contributed by atoms with Crippen LogP contribution >= 0.6 is 0 Å². The average molecular weight is 232 g/mol. The lowest BCUT2D eigenvalue weighted by molar-refractivity contribution is -0.138. The van der Waals surface area contributed by atoms with Gasteiger partial charge in [0, 0.05) is 6.61 Å². The van der Waals surface area contributed by atoms with E-state index in [9.17, 15) is 13.2 Å². The van der Waals surface area contributed by atoms with Crippen molar-refractivity contribution in [3.63, 3.8) is 0 Å². The number of unbranched alkanes of at least 4 members (excludes halogenated alkanes) is 2. The van der Waals surface area contributed by atoms with Gasteiger partial charge in [-0.3, -0.25) is 0 Å². The summed E-state index contributed by atoms with van der Waals surface area (Å²) in [6, 6.07) is 5.65. The first-order valence-electron chi connectivity index (χ1n) is 5.31. The van der Waals surface area contributed by atoms with Gasteiger partial charge in [-0.2, -0.15) is 13.2 Å². The van der Waals surface area contributed by atoms with Gasteiger partial charge in [-0.05, 0) is 30.9 Å². The Hall–Kier alpha value is -1.03. The second-order valence-corrected chi connectivity index (χ2v) is 3.69. The van der Waals surface area contributed by atoms with Gasteiger partial charge in [-0.1, -0.05) is 24.6 Å². The second kappa shape index (κ2) is 5.89. The number of aryl methyl sites for hydroxylation is 1. The molecule has 0 aliphatic heterocycles. The highest BCUT2D eigenvalue weighted by atomic mass is 19.4. The van der Waals surface area contributed by atoms with Crippen LogP contribution < -0.4 is 0 Å². The number of rotatable bonds is 5. The highest BCUT2D eigenvalue weighted by Crippen LogP contribution is 2.32. The molecular formula is C12H15F3O. The molecule has 1 aromatic carbocycles. The summed E-state index contributed by atoms with van der Waals surface area (Å²) < 4.78 is 37.8. The molecule has 1 rings (SSSR count). The Balaban J connectivity index is 2.65. The molecule has 1 nitrogen and oxygen atoms in total. The number of hydrogen-bond donors (Lipinski definition) is 1. The van der Waals surface area contributed by atoms with Crippen molar-refractivity contribution in [1.82, 2.24) is 0 Å². The van der Waals surface area contributed by atoms with Crippen LogP contribution in [0.15, 0.2) is 24.3 Å². The van der Waals surface area contributed by atoms with E-state index >= 15 is 0 Å². The normalized spacial score (nSPS) is 11.8. The van der Waals surface area contributed by atoms with Crippen molar-refractivity contribution in [2.24, 2.45) is 0 Å². The maximum atomic E-state index is 12.6. The fourth-order valence-corrected chi connectivity index (χ4v) is 1.62. The van der Waals surface area contributed by atoms with E-state index in [1.807, 2.05) is 0 Å². The minimum atomic E-state index is -4.27. The monoisotopic (exact) mass is 232 g/mol. The lowest BCUT2D eigenvalue weighted by Crippen LogP contribution is -2.08. The Morgan fingerprint density at radius 1 is 1.00 bits per heavy atom. The second-order valence-electron chi connectivity index (χ2n) is 3.69. The molecule has 1 N–H and O–H groups in total. The van der Waals surface area contributed by atoms with Crippen LogP contribution in [-0.2, 0) is 12.6 Å². The van der Waals surface area contributed by atoms with Crippen LogP contribution in [-0.4, -0.2) is 11.7 Å². The van der Waals surface area contributed by atoms with Gasteiger partial charge in [0.25, 0.3) is 0 Å². The summed E-state index contributed by atoms with van der Waals surface area (Å²) in [5.74, 6) is 0. The first-order valence-corrected chi connectivity index (χ1v) is 5.31. The molecule has 0 amide bonds. The fourth-order valence-electron chi connectivity index (χ4n) is 1.62. The van der Waals surface area contributed by atoms with Crippen molar-refractivity contribution < 1.29 is 18.3 Å². The topological polar surface area (TPSA) is 20.2 Å². The van der Waals surface area contributed by atoms with Crippen LogP contribution in [0.25, 0.3) is 0 Å². The number of aliphatic hydroxyl groups excluding tert-OH is 1. The molecule has 0 radical (unpaired) electrons. The van der Waals surface area contributed by atoms with E-state index in [-0.39, 0.29) is 6.61 Å². The zero-order chi connectivity index (χ0) is 12.0. The van der Waals surface area contributed by atoms with Crippen LogP contribution in [0.5, 0.6) is 0 Å². The molecule has 1 aromatic rings. The summed E-state index contributed by atoms with van der Waals surface area (Å²) in [5.41, 5.74) is -0.202. The predicted molar refractivity (Wildman–Crippen MR) is 56.1 cm³/mol. The highest BCUT2D eigenvalue weighted by molar-refractivity contribution is 5.29. The van der Waals surface area contributed by atoms with E-state index in [0.717, 1.165) is 12.5 Å². The predicted octanol–water partition coefficient (Wildman–Crippen LogP) is 3.41. The molecule has 0 saturated carbocycles. The molecular weight excluding hydrogens is 217 g/mol. The molecule has 0 aliphatic carbocycles. The smallest absolute Gasteiger partial charge is 0.396 e. The molecule has 0 unspecified atom stereocenters. The van der Waals surface area contributed by atoms with Crippen molar-refractivity contribution >= 4 is 0 Å². The van der Waals surface area contributed by atoms with Gasteiger partial charge in [0.1, 0.15) is 0 Å². The van der Waals surface area contributed by atoms with Crippen LogP contribution in [0.1, 0.15) is 30.4 Å². The Bertz CT molecular complexity index is 320. The molecule has 0 atom stereocenters. The summed E-state index contributed by atoms with van der Waals surface area (Å²) in [6.07, 6.45) is -1.78. The fraction of sp³-hybridized carbons (Fsp3) is 0.500. The summed E-state index contributed by atoms with van der Waals surface area (Å²) in [5, 5.41) is 8.57. The largest absolute Gasteiger partial charge is 0.416 e. The average Bonchev–Trinajstić information content (AvgIpc) is 2.24. The van der Waals surface area contributed by atoms with Gasteiger partial charge in [-0.15, -0.1) is 0 Å². The molecule has 4 heteroatoms. The van der Waals surface area contributed by atoms with Crippen LogP contribution in [0, 0.1) is 0 Å². The van der Waals surface area contributed by atoms with E-state index in [2.05, 4.69) is 0 Å². The molecule has 0 fully saturated rings. The summed E-state index contributed by atoms with van der Waals surface area (Å²) in [6.45, 7) is 0.0981. The molecule has 0 aliphatic rings. The Morgan fingerprint density at radius 2 is 1.69 bits per heavy atom. The minimum absolute atomic E-state index is 0.0981. The summed E-state index contributed by atoms with van der Waals surface area (Å²) >= 11 is 0. The summed E-state index contributed by atoms with van der Waals surface area (Å²) in [7, 11) is 0. The van der Waals surface area contributed by atoms with Gasteiger partial charge in [0.05, 0.1) is 5.56 Å². The first kappa shape index (κ1) is 13.0. The van der Waals surface area contributed by atoms with Crippen LogP contribution in [0.3, 0.4) is 0 Å². The maximum absolute atomic E-state index is 12.6. The van der Waals surface area contributed by atoms with Gasteiger partial charge in [0.15, 0.2) is 0 Å². The third kappa shape index (κ3) is 3.85. The number of hydrogen-bond acceptors (Lipinski definition) is 1. The number of halogens is 3. The molecule has 0 spiro atoms. The van der Waals surface area contributed by atoms with E-state index in [1.165, 1.54) is 12.1 Å². The van der Waals surface area contributed by atoms with E-state index in [1.54, 1.807) is 6.07 Å². The number of benzene rings is 1. The van der Waals surface area contributed by atoms with Crippen molar-refractivity contribution in [3.8, 4) is 0 Å². The zero-order valence-electron chi connectivity index (χ0n) is 8.93. The van der Waals surface area contributed by atoms with Gasteiger partial charge < -0.3 is 5.11 Å². The van der Waals surface area contributed by atoms with E-state index in [4.69, 9.17) is 5.11 Å². The molecule has 0 saturated heterocycles. The quantitative estimate of drug-likeness (QED) is 0.771. The van der Waals surface area contributed by atoms with Gasteiger partial charge in [-0.25, -0.2) is 0 Å². The van der Waals surface area contributed by atoms with Crippen molar-refractivity contribution in [3.05, 3.63) is 35.4 Å². The maximum Gasteiger partial charge on any atom is 0.416 e. The number of aliphatic hydroxyl groups is 1. The van der Waals surface area contributed by atoms with E-state index in [0.29, 0.717) is 24.8 Å². The molecule has 90 valence electrons.